The van der Waals surface area contributed by atoms with E-state index in [0.717, 1.165) is 12.8 Å². The number of hydrogen-bond acceptors (Lipinski definition) is 9. The molecule has 0 amide bonds. The standard InChI is InChI=1S/C6H14N2O2.C5H12N2O2.C5H9NO4/c7-4-2-1-3-5(8)6(9)10;6-3-1-2-4(7)5(8)9;6-3(5(9)10)1-2-4(7)8/h5H,1-4,7-8H2,(H,9,10);4H,1-3,6-7H2,(H,8,9);3H,1-2,6H2,(H,7,8)(H,9,10)/t5-;4-;3-/m000/s1. The zero-order chi connectivity index (χ0) is 23.4. The molecule has 0 aromatic carbocycles. The lowest BCUT2D eigenvalue weighted by Gasteiger charge is -2.03. The highest BCUT2D eigenvalue weighted by molar-refractivity contribution is 5.74. The van der Waals surface area contributed by atoms with Gasteiger partial charge in [-0.15, -0.1) is 0 Å². The Morgan fingerprint density at radius 2 is 0.931 bits per heavy atom. The van der Waals surface area contributed by atoms with Crippen LogP contribution >= 0.6 is 0 Å². The Bertz CT molecular complexity index is 478. The molecule has 0 rings (SSSR count). The van der Waals surface area contributed by atoms with Crippen LogP contribution in [0.25, 0.3) is 0 Å². The van der Waals surface area contributed by atoms with Gasteiger partial charge in [0.2, 0.25) is 0 Å². The second-order valence-corrected chi connectivity index (χ2v) is 5.98. The van der Waals surface area contributed by atoms with E-state index >= 15 is 0 Å². The van der Waals surface area contributed by atoms with Crippen molar-refractivity contribution in [3.05, 3.63) is 0 Å². The second kappa shape index (κ2) is 20.4. The van der Waals surface area contributed by atoms with Crippen LogP contribution in [0.2, 0.25) is 0 Å². The third kappa shape index (κ3) is 25.7. The van der Waals surface area contributed by atoms with Gasteiger partial charge in [0.1, 0.15) is 18.1 Å². The van der Waals surface area contributed by atoms with Crippen LogP contribution in [0.3, 0.4) is 0 Å². The molecule has 0 aliphatic rings. The van der Waals surface area contributed by atoms with E-state index in [0.29, 0.717) is 32.4 Å². The summed E-state index contributed by atoms with van der Waals surface area (Å²) in [5.74, 6) is -4.08. The molecule has 0 fully saturated rings. The fourth-order valence-electron chi connectivity index (χ4n) is 1.50. The molecular weight excluding hydrogens is 390 g/mol. The van der Waals surface area contributed by atoms with E-state index in [1.807, 2.05) is 0 Å². The molecule has 0 bridgehead atoms. The third-order valence-corrected chi connectivity index (χ3v) is 3.31. The molecule has 29 heavy (non-hydrogen) atoms. The summed E-state index contributed by atoms with van der Waals surface area (Å²) in [5.41, 5.74) is 25.7. The number of rotatable bonds is 13. The van der Waals surface area contributed by atoms with Crippen LogP contribution in [0.4, 0.5) is 0 Å². The maximum atomic E-state index is 10.1. The van der Waals surface area contributed by atoms with Gasteiger partial charge in [0.05, 0.1) is 0 Å². The average Bonchev–Trinajstić information content (AvgIpc) is 2.64. The van der Waals surface area contributed by atoms with Crippen LogP contribution in [0.5, 0.6) is 0 Å². The van der Waals surface area contributed by atoms with Gasteiger partial charge in [0.25, 0.3) is 0 Å². The summed E-state index contributed by atoms with van der Waals surface area (Å²) in [7, 11) is 0. The van der Waals surface area contributed by atoms with Crippen LogP contribution in [-0.4, -0.2) is 75.5 Å². The summed E-state index contributed by atoms with van der Waals surface area (Å²) in [6.07, 6.45) is 3.08. The Morgan fingerprint density at radius 3 is 1.24 bits per heavy atom. The zero-order valence-corrected chi connectivity index (χ0v) is 16.4. The number of carbonyl (C=O) groups is 4. The first kappa shape index (κ1) is 31.4. The Hall–Kier alpha value is -2.32. The Morgan fingerprint density at radius 1 is 0.586 bits per heavy atom. The molecule has 0 aliphatic heterocycles. The summed E-state index contributed by atoms with van der Waals surface area (Å²) in [6.45, 7) is 1.10. The van der Waals surface area contributed by atoms with Crippen molar-refractivity contribution >= 4 is 23.9 Å². The van der Waals surface area contributed by atoms with Gasteiger partial charge in [-0.05, 0) is 45.2 Å². The molecule has 0 unspecified atom stereocenters. The van der Waals surface area contributed by atoms with Crippen LogP contribution in [0, 0.1) is 0 Å². The molecule has 0 aliphatic carbocycles. The van der Waals surface area contributed by atoms with Crippen LogP contribution in [0.15, 0.2) is 0 Å². The SMILES string of the molecule is NCCCC[C@H](N)C(=O)O.NCCC[C@H](N)C(=O)O.N[C@@H](CCC(=O)O)C(=O)O. The number of unbranched alkanes of at least 4 members (excludes halogenated alkanes) is 1. The van der Waals surface area contributed by atoms with Crippen molar-refractivity contribution in [2.45, 2.75) is 63.1 Å². The number of aliphatic carboxylic acids is 4. The Kier molecular flexibility index (Phi) is 22.1. The molecular formula is C16H35N5O8. The first-order chi connectivity index (χ1) is 13.4. The molecule has 13 nitrogen and oxygen atoms in total. The Labute approximate surface area is 169 Å². The molecule has 0 aromatic heterocycles. The molecule has 14 N–H and O–H groups in total. The lowest BCUT2D eigenvalue weighted by atomic mass is 10.1. The van der Waals surface area contributed by atoms with E-state index < -0.39 is 42.0 Å². The van der Waals surface area contributed by atoms with Crippen molar-refractivity contribution in [2.75, 3.05) is 13.1 Å². The first-order valence-corrected chi connectivity index (χ1v) is 8.97. The largest absolute Gasteiger partial charge is 0.481 e. The van der Waals surface area contributed by atoms with Crippen molar-refractivity contribution < 1.29 is 39.6 Å². The summed E-state index contributed by atoms with van der Waals surface area (Å²) >= 11 is 0. The first-order valence-electron chi connectivity index (χ1n) is 8.97. The van der Waals surface area contributed by atoms with E-state index in [1.165, 1.54) is 0 Å². The number of nitrogens with two attached hydrogens (primary N) is 5. The van der Waals surface area contributed by atoms with Crippen molar-refractivity contribution in [3.63, 3.8) is 0 Å². The minimum atomic E-state index is -1.17. The van der Waals surface area contributed by atoms with E-state index in [4.69, 9.17) is 49.1 Å². The monoisotopic (exact) mass is 425 g/mol. The van der Waals surface area contributed by atoms with E-state index in [9.17, 15) is 19.2 Å². The molecule has 0 heterocycles. The normalized spacial score (nSPS) is 12.9. The molecule has 172 valence electrons. The fourth-order valence-corrected chi connectivity index (χ4v) is 1.50. The lowest BCUT2D eigenvalue weighted by molar-refractivity contribution is -0.141. The predicted octanol–water partition coefficient (Wildman–Crippen LogP) is -2.07. The second-order valence-electron chi connectivity index (χ2n) is 5.98. The molecule has 3 atom stereocenters. The summed E-state index contributed by atoms with van der Waals surface area (Å²) < 4.78 is 0. The number of carboxylic acids is 4. The molecule has 0 radical (unpaired) electrons. The smallest absolute Gasteiger partial charge is 0.320 e. The van der Waals surface area contributed by atoms with Gasteiger partial charge in [0, 0.05) is 6.42 Å². The van der Waals surface area contributed by atoms with Gasteiger partial charge in [-0.3, -0.25) is 19.2 Å². The highest BCUT2D eigenvalue weighted by atomic mass is 16.4. The van der Waals surface area contributed by atoms with E-state index in [2.05, 4.69) is 0 Å². The van der Waals surface area contributed by atoms with Gasteiger partial charge in [-0.1, -0.05) is 6.42 Å². The topological polar surface area (TPSA) is 279 Å². The highest BCUT2D eigenvalue weighted by Crippen LogP contribution is 1.97. The van der Waals surface area contributed by atoms with Crippen molar-refractivity contribution in [3.8, 4) is 0 Å². The average molecular weight is 425 g/mol. The van der Waals surface area contributed by atoms with Crippen molar-refractivity contribution in [1.29, 1.82) is 0 Å². The van der Waals surface area contributed by atoms with Crippen LogP contribution in [-0.2, 0) is 19.2 Å². The molecule has 0 saturated carbocycles. The van der Waals surface area contributed by atoms with Gasteiger partial charge in [0.15, 0.2) is 0 Å². The number of carboxylic acid groups (broad SMARTS) is 4. The minimum Gasteiger partial charge on any atom is -0.481 e. The maximum Gasteiger partial charge on any atom is 0.320 e. The third-order valence-electron chi connectivity index (χ3n) is 3.31. The minimum absolute atomic E-state index is 0.0231. The van der Waals surface area contributed by atoms with Crippen LogP contribution in [0.1, 0.15) is 44.9 Å². The summed E-state index contributed by atoms with van der Waals surface area (Å²) in [4.78, 5) is 40.0. The number of hydrogen-bond donors (Lipinski definition) is 9. The molecule has 0 saturated heterocycles. The quantitative estimate of drug-likeness (QED) is 0.143. The molecule has 0 spiro atoms. The van der Waals surface area contributed by atoms with Gasteiger partial charge in [-0.2, -0.15) is 0 Å². The van der Waals surface area contributed by atoms with E-state index in [1.54, 1.807) is 0 Å². The molecule has 0 aromatic rings. The van der Waals surface area contributed by atoms with Gasteiger partial charge >= 0.3 is 23.9 Å². The van der Waals surface area contributed by atoms with Gasteiger partial charge in [-0.25, -0.2) is 0 Å². The van der Waals surface area contributed by atoms with Gasteiger partial charge < -0.3 is 49.1 Å². The maximum absolute atomic E-state index is 10.1. The zero-order valence-electron chi connectivity index (χ0n) is 16.4. The van der Waals surface area contributed by atoms with Crippen molar-refractivity contribution in [2.24, 2.45) is 28.7 Å². The predicted molar refractivity (Wildman–Crippen MR) is 105 cm³/mol. The summed E-state index contributed by atoms with van der Waals surface area (Å²) in [5, 5.41) is 32.8. The molecule has 13 heteroatoms. The Balaban J connectivity index is -0.000000350. The van der Waals surface area contributed by atoms with Crippen molar-refractivity contribution in [1.82, 2.24) is 0 Å². The lowest BCUT2D eigenvalue weighted by Crippen LogP contribution is -2.30. The van der Waals surface area contributed by atoms with Crippen LogP contribution < -0.4 is 28.7 Å². The summed E-state index contributed by atoms with van der Waals surface area (Å²) in [6, 6.07) is -2.52. The fraction of sp³-hybridized carbons (Fsp3) is 0.750. The highest BCUT2D eigenvalue weighted by Gasteiger charge is 2.12. The van der Waals surface area contributed by atoms with E-state index in [-0.39, 0.29) is 12.8 Å².